The number of methoxy groups -OCH3 is 1. The number of thioether (sulfide) groups is 1. The highest BCUT2D eigenvalue weighted by atomic mass is 32.2. The third kappa shape index (κ3) is 3.99. The third-order valence-electron chi connectivity index (χ3n) is 1.91. The summed E-state index contributed by atoms with van der Waals surface area (Å²) in [5.74, 6) is -0.817. The van der Waals surface area contributed by atoms with Crippen molar-refractivity contribution in [2.24, 2.45) is 0 Å². The molecule has 1 aromatic rings. The fourth-order valence-electron chi connectivity index (χ4n) is 1.03. The minimum Gasteiger partial charge on any atom is -0.468 e. The molecule has 18 heavy (non-hydrogen) atoms. The average molecular weight is 274 g/mol. The summed E-state index contributed by atoms with van der Waals surface area (Å²) in [7, 11) is 1.28. The Labute approximate surface area is 108 Å². The summed E-state index contributed by atoms with van der Waals surface area (Å²) in [5, 5.41) is 10.7. The molecule has 0 saturated heterocycles. The Morgan fingerprint density at radius 1 is 1.50 bits per heavy atom. The zero-order valence-corrected chi connectivity index (χ0v) is 11.1. The van der Waals surface area contributed by atoms with E-state index in [0.29, 0.717) is 11.8 Å². The molecule has 8 nitrogen and oxygen atoms in total. The van der Waals surface area contributed by atoms with Crippen molar-refractivity contribution < 1.29 is 19.1 Å². The van der Waals surface area contributed by atoms with E-state index in [1.54, 1.807) is 13.8 Å². The third-order valence-corrected chi connectivity index (χ3v) is 2.96. The molecule has 1 unspecified atom stereocenters. The maximum absolute atomic E-state index is 11.4. The highest BCUT2D eigenvalue weighted by molar-refractivity contribution is 8.00. The van der Waals surface area contributed by atoms with E-state index in [4.69, 9.17) is 4.74 Å². The Kier molecular flexibility index (Phi) is 5.56. The lowest BCUT2D eigenvalue weighted by Crippen LogP contribution is -2.19. The van der Waals surface area contributed by atoms with Gasteiger partial charge in [-0.05, 0) is 24.3 Å². The van der Waals surface area contributed by atoms with Gasteiger partial charge in [-0.2, -0.15) is 0 Å². The lowest BCUT2D eigenvalue weighted by molar-refractivity contribution is -0.142. The van der Waals surface area contributed by atoms with Crippen LogP contribution >= 0.6 is 11.8 Å². The number of tetrazole rings is 1. The SMILES string of the molecule is CCOC(=O)C(C)Sc1nnnn1CC(=O)OC. The van der Waals surface area contributed by atoms with Gasteiger partial charge in [-0.15, -0.1) is 5.10 Å². The molecule has 0 saturated carbocycles. The first kappa shape index (κ1) is 14.4. The van der Waals surface area contributed by atoms with Gasteiger partial charge in [0, 0.05) is 0 Å². The molecule has 9 heteroatoms. The summed E-state index contributed by atoms with van der Waals surface area (Å²) in [6.07, 6.45) is 0. The predicted molar refractivity (Wildman–Crippen MR) is 61.8 cm³/mol. The molecule has 0 fully saturated rings. The summed E-state index contributed by atoms with van der Waals surface area (Å²) in [6, 6.07) is 0. The highest BCUT2D eigenvalue weighted by Gasteiger charge is 2.20. The van der Waals surface area contributed by atoms with Crippen molar-refractivity contribution >= 4 is 23.7 Å². The van der Waals surface area contributed by atoms with E-state index in [9.17, 15) is 9.59 Å². The second-order valence-corrected chi connectivity index (χ2v) is 4.52. The Morgan fingerprint density at radius 2 is 2.22 bits per heavy atom. The number of carbonyl (C=O) groups is 2. The standard InChI is InChI=1S/C9H14N4O4S/c1-4-17-8(15)6(2)18-9-10-11-12-13(9)5-7(14)16-3/h6H,4-5H2,1-3H3. The average Bonchev–Trinajstić information content (AvgIpc) is 2.76. The minimum atomic E-state index is -0.465. The largest absolute Gasteiger partial charge is 0.468 e. The van der Waals surface area contributed by atoms with Crippen LogP contribution in [0.3, 0.4) is 0 Å². The summed E-state index contributed by atoms with van der Waals surface area (Å²) in [4.78, 5) is 22.6. The fourth-order valence-corrected chi connectivity index (χ4v) is 1.82. The normalized spacial score (nSPS) is 11.9. The predicted octanol–water partition coefficient (Wildman–Crippen LogP) is -0.110. The van der Waals surface area contributed by atoms with Gasteiger partial charge in [-0.25, -0.2) is 4.68 Å². The van der Waals surface area contributed by atoms with E-state index in [0.717, 1.165) is 11.8 Å². The van der Waals surface area contributed by atoms with Crippen molar-refractivity contribution in [3.63, 3.8) is 0 Å². The van der Waals surface area contributed by atoms with Gasteiger partial charge >= 0.3 is 11.9 Å². The Hall–Kier alpha value is -1.64. The van der Waals surface area contributed by atoms with E-state index >= 15 is 0 Å². The van der Waals surface area contributed by atoms with Gasteiger partial charge in [0.1, 0.15) is 11.8 Å². The molecule has 1 heterocycles. The molecule has 0 aliphatic rings. The van der Waals surface area contributed by atoms with Crippen LogP contribution in [0.1, 0.15) is 13.8 Å². The van der Waals surface area contributed by atoms with E-state index in [-0.39, 0.29) is 12.5 Å². The van der Waals surface area contributed by atoms with Crippen molar-refractivity contribution in [3.8, 4) is 0 Å². The van der Waals surface area contributed by atoms with Gasteiger partial charge in [-0.1, -0.05) is 11.8 Å². The summed E-state index contributed by atoms with van der Waals surface area (Å²) in [5.41, 5.74) is 0. The lowest BCUT2D eigenvalue weighted by Gasteiger charge is -2.09. The number of hydrogen-bond acceptors (Lipinski definition) is 8. The van der Waals surface area contributed by atoms with E-state index in [1.165, 1.54) is 11.8 Å². The topological polar surface area (TPSA) is 96.2 Å². The van der Waals surface area contributed by atoms with Crippen LogP contribution in [0.5, 0.6) is 0 Å². The maximum Gasteiger partial charge on any atom is 0.327 e. The smallest absolute Gasteiger partial charge is 0.327 e. The second-order valence-electron chi connectivity index (χ2n) is 3.21. The van der Waals surface area contributed by atoms with E-state index in [1.807, 2.05) is 0 Å². The highest BCUT2D eigenvalue weighted by Crippen LogP contribution is 2.20. The van der Waals surface area contributed by atoms with Crippen LogP contribution in [0, 0.1) is 0 Å². The Morgan fingerprint density at radius 3 is 2.83 bits per heavy atom. The summed E-state index contributed by atoms with van der Waals surface area (Å²) < 4.78 is 10.6. The maximum atomic E-state index is 11.4. The molecule has 0 bridgehead atoms. The Bertz CT molecular complexity index is 422. The van der Waals surface area contributed by atoms with Crippen LogP contribution in [0.15, 0.2) is 5.16 Å². The monoisotopic (exact) mass is 274 g/mol. The van der Waals surface area contributed by atoms with Gasteiger partial charge in [0.05, 0.1) is 13.7 Å². The van der Waals surface area contributed by atoms with Crippen molar-refractivity contribution in [1.82, 2.24) is 20.2 Å². The number of rotatable bonds is 6. The number of ether oxygens (including phenoxy) is 2. The molecular formula is C9H14N4O4S. The van der Waals surface area contributed by atoms with E-state index in [2.05, 4.69) is 20.3 Å². The first-order valence-corrected chi connectivity index (χ1v) is 6.12. The molecule has 100 valence electrons. The minimum absolute atomic E-state index is 0.0959. The zero-order chi connectivity index (χ0) is 13.5. The fraction of sp³-hybridized carbons (Fsp3) is 0.667. The summed E-state index contributed by atoms with van der Waals surface area (Å²) >= 11 is 1.12. The number of hydrogen-bond donors (Lipinski definition) is 0. The first-order chi connectivity index (χ1) is 8.58. The number of esters is 2. The van der Waals surface area contributed by atoms with Gasteiger partial charge in [-0.3, -0.25) is 9.59 Å². The molecule has 1 rings (SSSR count). The van der Waals surface area contributed by atoms with Crippen LogP contribution in [0.2, 0.25) is 0 Å². The molecule has 0 amide bonds. The molecule has 1 aromatic heterocycles. The van der Waals surface area contributed by atoms with Gasteiger partial charge in [0.2, 0.25) is 5.16 Å². The van der Waals surface area contributed by atoms with Crippen LogP contribution in [0.25, 0.3) is 0 Å². The number of nitrogens with zero attached hydrogens (tertiary/aromatic N) is 4. The molecule has 1 atom stereocenters. The molecule has 0 aliphatic heterocycles. The van der Waals surface area contributed by atoms with Crippen molar-refractivity contribution in [2.45, 2.75) is 30.8 Å². The van der Waals surface area contributed by atoms with Crippen molar-refractivity contribution in [2.75, 3.05) is 13.7 Å². The van der Waals surface area contributed by atoms with Crippen LogP contribution in [-0.4, -0.2) is 51.1 Å². The van der Waals surface area contributed by atoms with Gasteiger partial charge in [0.25, 0.3) is 0 Å². The molecule has 0 spiro atoms. The van der Waals surface area contributed by atoms with Crippen molar-refractivity contribution in [3.05, 3.63) is 0 Å². The van der Waals surface area contributed by atoms with Crippen LogP contribution in [0.4, 0.5) is 0 Å². The van der Waals surface area contributed by atoms with Crippen LogP contribution in [-0.2, 0) is 25.6 Å². The number of aromatic nitrogens is 4. The molecule has 0 N–H and O–H groups in total. The second kappa shape index (κ2) is 6.94. The zero-order valence-electron chi connectivity index (χ0n) is 10.3. The first-order valence-electron chi connectivity index (χ1n) is 5.24. The van der Waals surface area contributed by atoms with E-state index < -0.39 is 11.2 Å². The van der Waals surface area contributed by atoms with Crippen LogP contribution < -0.4 is 0 Å². The molecular weight excluding hydrogens is 260 g/mol. The van der Waals surface area contributed by atoms with Gasteiger partial charge in [0.15, 0.2) is 0 Å². The molecule has 0 aliphatic carbocycles. The van der Waals surface area contributed by atoms with Gasteiger partial charge < -0.3 is 9.47 Å². The Balaban J connectivity index is 2.64. The summed E-state index contributed by atoms with van der Waals surface area (Å²) in [6.45, 7) is 3.63. The lowest BCUT2D eigenvalue weighted by atomic mass is 10.5. The number of carbonyl (C=O) groups excluding carboxylic acids is 2. The molecule has 0 aromatic carbocycles. The van der Waals surface area contributed by atoms with Crippen molar-refractivity contribution in [1.29, 1.82) is 0 Å². The quantitative estimate of drug-likeness (QED) is 0.523. The molecule has 0 radical (unpaired) electrons.